The smallest absolute Gasteiger partial charge is 0.313 e. The Hall–Kier alpha value is -4.77. The number of likely N-dealkylation sites (tertiary alicyclic amines) is 1. The van der Waals surface area contributed by atoms with Crippen molar-refractivity contribution >= 4 is 41.0 Å². The van der Waals surface area contributed by atoms with E-state index in [-0.39, 0.29) is 25.3 Å². The molecule has 1 N–H and O–H groups in total. The first-order chi connectivity index (χ1) is 26.1. The molecule has 1 spiro atoms. The predicted octanol–water partition coefficient (Wildman–Crippen LogP) is 5.93. The number of amides is 3. The molecular weight excluding hydrogens is 706 g/mol. The van der Waals surface area contributed by atoms with Gasteiger partial charge in [-0.2, -0.15) is 0 Å². The lowest BCUT2D eigenvalue weighted by Gasteiger charge is -2.39. The van der Waals surface area contributed by atoms with Gasteiger partial charge in [-0.05, 0) is 68.0 Å². The predicted molar refractivity (Wildman–Crippen MR) is 206 cm³/mol. The fourth-order valence-corrected chi connectivity index (χ4v) is 8.64. The Bertz CT molecular complexity index is 1840. The molecule has 3 aromatic rings. The summed E-state index contributed by atoms with van der Waals surface area (Å²) < 4.78 is 13.1. The van der Waals surface area contributed by atoms with E-state index in [9.17, 15) is 19.5 Å². The van der Waals surface area contributed by atoms with Gasteiger partial charge in [0, 0.05) is 30.7 Å². The van der Waals surface area contributed by atoms with E-state index in [1.54, 1.807) is 48.4 Å². The number of likely N-dealkylation sites (N-methyl/N-ethyl adjacent to an activating group) is 1. The van der Waals surface area contributed by atoms with Crippen molar-refractivity contribution in [1.29, 1.82) is 0 Å². The maximum atomic E-state index is 15.0. The first-order valence-electron chi connectivity index (χ1n) is 18.5. The van der Waals surface area contributed by atoms with Crippen molar-refractivity contribution in [3.8, 4) is 0 Å². The fraction of sp³-hybridized carbons (Fsp3) is 0.395. The van der Waals surface area contributed by atoms with Gasteiger partial charge in [-0.15, -0.1) is 13.2 Å². The molecule has 6 rings (SSSR count). The first-order valence-corrected chi connectivity index (χ1v) is 18.9. The molecule has 0 saturated carbocycles. The molecule has 54 heavy (non-hydrogen) atoms. The molecule has 3 aliphatic heterocycles. The van der Waals surface area contributed by atoms with E-state index in [1.807, 2.05) is 67.6 Å². The van der Waals surface area contributed by atoms with Crippen molar-refractivity contribution in [2.75, 3.05) is 25.1 Å². The number of rotatable bonds is 16. The standard InChI is InChI=1S/C43H48ClN3O7/c1-5-7-18-35(49)45(4)28(3)38(30-16-12-9-13-17-30)53-42(52)36-34-23-24-43(54-34)37(36)40(50)47(33(27-48)26-29-14-10-8-11-15-29)39(43)41(51)46(25-6-2)32-21-19-31(44)20-22-32/h5-6,8-17,19-22,28,33-34,36-39,48H,1-2,7,18,23-27H2,3-4H3/t28-,33+,34-,36+,37+,38+,39-,43+/m0/s1. The van der Waals surface area contributed by atoms with E-state index in [1.165, 1.54) is 9.80 Å². The highest BCUT2D eigenvalue weighted by molar-refractivity contribution is 6.30. The number of halogens is 1. The minimum absolute atomic E-state index is 0.122. The Morgan fingerprint density at radius 2 is 1.70 bits per heavy atom. The SMILES string of the molecule is C=CCCC(=O)N(C)[C@@H](C)[C@@H](OC(=O)[C@@H]1[C@@H]2CC[C@]3(O2)[C@H](C(=O)N(CC=C)c2ccc(Cl)cc2)N([C@@H](CO)Cc2ccccc2)C(=O)[C@@H]13)c1ccccc1. The highest BCUT2D eigenvalue weighted by Crippen LogP contribution is 2.59. The molecule has 284 valence electrons. The second-order valence-electron chi connectivity index (χ2n) is 14.4. The Balaban J connectivity index is 1.38. The molecule has 11 heteroatoms. The van der Waals surface area contributed by atoms with Crippen LogP contribution in [0.3, 0.4) is 0 Å². The largest absolute Gasteiger partial charge is 0.455 e. The summed E-state index contributed by atoms with van der Waals surface area (Å²) in [6.07, 6.45) is 3.59. The van der Waals surface area contributed by atoms with Crippen molar-refractivity contribution in [3.63, 3.8) is 0 Å². The number of ether oxygens (including phenoxy) is 2. The number of anilines is 1. The van der Waals surface area contributed by atoms with Gasteiger partial charge in [-0.3, -0.25) is 19.2 Å². The average Bonchev–Trinajstić information content (AvgIpc) is 3.84. The van der Waals surface area contributed by atoms with Crippen LogP contribution in [0, 0.1) is 11.8 Å². The van der Waals surface area contributed by atoms with Gasteiger partial charge in [0.1, 0.15) is 17.7 Å². The van der Waals surface area contributed by atoms with Crippen LogP contribution < -0.4 is 4.90 Å². The average molecular weight is 754 g/mol. The summed E-state index contributed by atoms with van der Waals surface area (Å²) in [7, 11) is 1.68. The van der Waals surface area contributed by atoms with Gasteiger partial charge < -0.3 is 29.3 Å². The lowest BCUT2D eigenvalue weighted by Crippen LogP contribution is -2.59. The number of carbonyl (C=O) groups is 4. The molecule has 0 aromatic heterocycles. The van der Waals surface area contributed by atoms with E-state index in [0.29, 0.717) is 35.5 Å². The Morgan fingerprint density at radius 3 is 2.33 bits per heavy atom. The van der Waals surface area contributed by atoms with E-state index in [0.717, 1.165) is 5.56 Å². The highest BCUT2D eigenvalue weighted by atomic mass is 35.5. The lowest BCUT2D eigenvalue weighted by atomic mass is 9.70. The summed E-state index contributed by atoms with van der Waals surface area (Å²) in [4.78, 5) is 62.3. The second kappa shape index (κ2) is 16.7. The van der Waals surface area contributed by atoms with Gasteiger partial charge in [0.05, 0.1) is 36.6 Å². The van der Waals surface area contributed by atoms with Gasteiger partial charge in [0.2, 0.25) is 11.8 Å². The van der Waals surface area contributed by atoms with Gasteiger partial charge in [-0.25, -0.2) is 0 Å². The van der Waals surface area contributed by atoms with Gasteiger partial charge in [-0.1, -0.05) is 84.4 Å². The zero-order valence-electron chi connectivity index (χ0n) is 30.8. The molecule has 0 radical (unpaired) electrons. The Morgan fingerprint density at radius 1 is 1.04 bits per heavy atom. The van der Waals surface area contributed by atoms with Crippen molar-refractivity contribution in [2.24, 2.45) is 11.8 Å². The molecule has 10 nitrogen and oxygen atoms in total. The number of esters is 1. The zero-order valence-corrected chi connectivity index (χ0v) is 31.5. The van der Waals surface area contributed by atoms with Crippen LogP contribution in [0.5, 0.6) is 0 Å². The number of allylic oxidation sites excluding steroid dienone is 1. The fourth-order valence-electron chi connectivity index (χ4n) is 8.51. The van der Waals surface area contributed by atoms with Crippen LogP contribution in [0.25, 0.3) is 0 Å². The molecule has 3 amide bonds. The van der Waals surface area contributed by atoms with Crippen molar-refractivity contribution in [1.82, 2.24) is 9.80 Å². The quantitative estimate of drug-likeness (QED) is 0.142. The molecular formula is C43H48ClN3O7. The Kier molecular flexibility index (Phi) is 12.1. The summed E-state index contributed by atoms with van der Waals surface area (Å²) in [6, 6.07) is 23.0. The van der Waals surface area contributed by atoms with Crippen LogP contribution in [0.1, 0.15) is 49.8 Å². The number of fused-ring (bicyclic) bond motifs is 1. The van der Waals surface area contributed by atoms with Crippen LogP contribution in [0.15, 0.2) is 110 Å². The molecule has 2 bridgehead atoms. The molecule has 3 saturated heterocycles. The maximum absolute atomic E-state index is 15.0. The molecule has 3 aromatic carbocycles. The first kappa shape index (κ1) is 38.9. The summed E-state index contributed by atoms with van der Waals surface area (Å²) >= 11 is 6.20. The normalized spacial score (nSPS) is 24.3. The third-order valence-electron chi connectivity index (χ3n) is 11.3. The number of carbonyl (C=O) groups excluding carboxylic acids is 4. The molecule has 8 atom stereocenters. The number of hydrogen-bond acceptors (Lipinski definition) is 7. The van der Waals surface area contributed by atoms with Gasteiger partial charge >= 0.3 is 5.97 Å². The number of aliphatic hydroxyl groups is 1. The molecule has 3 aliphatic rings. The maximum Gasteiger partial charge on any atom is 0.313 e. The highest BCUT2D eigenvalue weighted by Gasteiger charge is 2.75. The van der Waals surface area contributed by atoms with Gasteiger partial charge in [0.15, 0.2) is 0 Å². The Labute approximate surface area is 322 Å². The van der Waals surface area contributed by atoms with Crippen molar-refractivity contribution in [3.05, 3.63) is 126 Å². The monoisotopic (exact) mass is 753 g/mol. The molecule has 3 fully saturated rings. The van der Waals surface area contributed by atoms with Crippen LogP contribution in [-0.2, 0) is 35.1 Å². The third-order valence-corrected chi connectivity index (χ3v) is 11.5. The van der Waals surface area contributed by atoms with Crippen LogP contribution in [-0.4, -0.2) is 88.6 Å². The molecule has 0 aliphatic carbocycles. The van der Waals surface area contributed by atoms with E-state index >= 15 is 4.79 Å². The van der Waals surface area contributed by atoms with Gasteiger partial charge in [0.25, 0.3) is 5.91 Å². The number of benzene rings is 3. The molecule has 3 heterocycles. The number of hydrogen-bond donors (Lipinski definition) is 1. The second-order valence-corrected chi connectivity index (χ2v) is 14.8. The number of aliphatic hydroxyl groups excluding tert-OH is 1. The third kappa shape index (κ3) is 7.34. The zero-order chi connectivity index (χ0) is 38.6. The van der Waals surface area contributed by atoms with Crippen molar-refractivity contribution in [2.45, 2.75) is 75.0 Å². The number of nitrogens with zero attached hydrogens (tertiary/aromatic N) is 3. The van der Waals surface area contributed by atoms with Crippen molar-refractivity contribution < 1.29 is 33.8 Å². The van der Waals surface area contributed by atoms with E-state index in [4.69, 9.17) is 21.1 Å². The molecule has 0 unspecified atom stereocenters. The summed E-state index contributed by atoms with van der Waals surface area (Å²) in [5.74, 6) is -3.68. The topological polar surface area (TPSA) is 117 Å². The van der Waals surface area contributed by atoms with E-state index < -0.39 is 72.2 Å². The van der Waals surface area contributed by atoms with Crippen LogP contribution >= 0.6 is 11.6 Å². The van der Waals surface area contributed by atoms with Crippen LogP contribution in [0.2, 0.25) is 5.02 Å². The minimum atomic E-state index is -1.36. The summed E-state index contributed by atoms with van der Waals surface area (Å²) in [5.41, 5.74) is 0.761. The van der Waals surface area contributed by atoms with E-state index in [2.05, 4.69) is 13.2 Å². The van der Waals surface area contributed by atoms with Crippen LogP contribution in [0.4, 0.5) is 5.69 Å². The summed E-state index contributed by atoms with van der Waals surface area (Å²) in [6.45, 7) is 9.14. The summed E-state index contributed by atoms with van der Waals surface area (Å²) in [5, 5.41) is 11.4. The lowest BCUT2D eigenvalue weighted by molar-refractivity contribution is -0.165. The minimum Gasteiger partial charge on any atom is -0.455 e.